The Labute approximate surface area is 122 Å². The van der Waals surface area contributed by atoms with E-state index in [4.69, 9.17) is 4.74 Å². The van der Waals surface area contributed by atoms with Gasteiger partial charge in [0.05, 0.1) is 23.9 Å². The Morgan fingerprint density at radius 2 is 2.05 bits per heavy atom. The molecule has 0 radical (unpaired) electrons. The first-order valence-electron chi connectivity index (χ1n) is 7.86. The van der Waals surface area contributed by atoms with E-state index in [2.05, 4.69) is 29.8 Å². The van der Waals surface area contributed by atoms with Gasteiger partial charge in [-0.25, -0.2) is 0 Å². The minimum absolute atomic E-state index is 0.130. The van der Waals surface area contributed by atoms with E-state index in [1.54, 1.807) is 7.11 Å². The minimum atomic E-state index is -0.491. The minimum Gasteiger partial charge on any atom is -0.390 e. The lowest BCUT2D eigenvalue weighted by atomic mass is 9.96. The second-order valence-corrected chi connectivity index (χ2v) is 6.29. The van der Waals surface area contributed by atoms with Gasteiger partial charge in [-0.3, -0.25) is 4.68 Å². The van der Waals surface area contributed by atoms with Crippen LogP contribution in [0.25, 0.3) is 0 Å². The standard InChI is InChI=1S/C16H28N2O2/c1-12(2)16(20-3)15(19)11-13-9-10-18(17-13)14-7-5-4-6-8-14/h9-10,12,14-16,19H,4-8,11H2,1-3H3. The lowest BCUT2D eigenvalue weighted by Gasteiger charge is -2.24. The summed E-state index contributed by atoms with van der Waals surface area (Å²) in [4.78, 5) is 0. The molecule has 2 atom stereocenters. The van der Waals surface area contributed by atoms with E-state index in [1.165, 1.54) is 32.1 Å². The quantitative estimate of drug-likeness (QED) is 0.871. The molecule has 1 N–H and O–H groups in total. The van der Waals surface area contributed by atoms with Gasteiger partial charge >= 0.3 is 0 Å². The molecule has 0 aromatic carbocycles. The fraction of sp³-hybridized carbons (Fsp3) is 0.812. The van der Waals surface area contributed by atoms with Crippen LogP contribution in [0.3, 0.4) is 0 Å². The van der Waals surface area contributed by atoms with Gasteiger partial charge in [0.25, 0.3) is 0 Å². The van der Waals surface area contributed by atoms with Crippen LogP contribution >= 0.6 is 0 Å². The molecule has 0 aliphatic heterocycles. The summed E-state index contributed by atoms with van der Waals surface area (Å²) >= 11 is 0. The summed E-state index contributed by atoms with van der Waals surface area (Å²) in [7, 11) is 1.66. The first kappa shape index (κ1) is 15.5. The van der Waals surface area contributed by atoms with Crippen LogP contribution in [0.4, 0.5) is 0 Å². The predicted molar refractivity (Wildman–Crippen MR) is 79.7 cm³/mol. The van der Waals surface area contributed by atoms with Gasteiger partial charge in [0.15, 0.2) is 0 Å². The molecule has 0 spiro atoms. The summed E-state index contributed by atoms with van der Waals surface area (Å²) in [6.07, 6.45) is 8.44. The smallest absolute Gasteiger partial charge is 0.0860 e. The fourth-order valence-corrected chi connectivity index (χ4v) is 3.24. The average molecular weight is 280 g/mol. The molecule has 0 bridgehead atoms. The van der Waals surface area contributed by atoms with Crippen molar-refractivity contribution in [1.29, 1.82) is 0 Å². The summed E-state index contributed by atoms with van der Waals surface area (Å²) < 4.78 is 7.48. The van der Waals surface area contributed by atoms with Crippen molar-refractivity contribution in [2.24, 2.45) is 5.92 Å². The van der Waals surface area contributed by atoms with E-state index in [-0.39, 0.29) is 6.10 Å². The van der Waals surface area contributed by atoms with E-state index >= 15 is 0 Å². The van der Waals surface area contributed by atoms with Crippen molar-refractivity contribution >= 4 is 0 Å². The van der Waals surface area contributed by atoms with Gasteiger partial charge in [0.1, 0.15) is 0 Å². The number of nitrogens with zero attached hydrogens (tertiary/aromatic N) is 2. The predicted octanol–water partition coefficient (Wildman–Crippen LogP) is 2.96. The van der Waals surface area contributed by atoms with Crippen molar-refractivity contribution in [3.05, 3.63) is 18.0 Å². The van der Waals surface area contributed by atoms with Crippen molar-refractivity contribution in [2.75, 3.05) is 7.11 Å². The van der Waals surface area contributed by atoms with Crippen LogP contribution in [0.1, 0.15) is 57.7 Å². The largest absolute Gasteiger partial charge is 0.390 e. The molecule has 20 heavy (non-hydrogen) atoms. The molecule has 1 fully saturated rings. The summed E-state index contributed by atoms with van der Waals surface area (Å²) in [5.41, 5.74) is 0.964. The number of methoxy groups -OCH3 is 1. The Balaban J connectivity index is 1.94. The highest BCUT2D eigenvalue weighted by Gasteiger charge is 2.24. The number of aliphatic hydroxyl groups is 1. The second kappa shape index (κ2) is 7.23. The number of hydrogen-bond acceptors (Lipinski definition) is 3. The van der Waals surface area contributed by atoms with Gasteiger partial charge in [0.2, 0.25) is 0 Å². The fourth-order valence-electron chi connectivity index (χ4n) is 3.24. The van der Waals surface area contributed by atoms with Crippen molar-refractivity contribution in [1.82, 2.24) is 9.78 Å². The summed E-state index contributed by atoms with van der Waals surface area (Å²) in [6, 6.07) is 2.59. The zero-order chi connectivity index (χ0) is 14.5. The molecule has 1 saturated carbocycles. The number of aromatic nitrogens is 2. The maximum absolute atomic E-state index is 10.3. The summed E-state index contributed by atoms with van der Waals surface area (Å²) in [5.74, 6) is 0.301. The number of rotatable bonds is 6. The average Bonchev–Trinajstić information content (AvgIpc) is 2.88. The second-order valence-electron chi connectivity index (χ2n) is 6.29. The third kappa shape index (κ3) is 3.83. The summed E-state index contributed by atoms with van der Waals surface area (Å²) in [6.45, 7) is 4.13. The summed E-state index contributed by atoms with van der Waals surface area (Å²) in [5, 5.41) is 14.9. The Morgan fingerprint density at radius 3 is 2.65 bits per heavy atom. The molecule has 1 heterocycles. The van der Waals surface area contributed by atoms with Crippen LogP contribution in [-0.2, 0) is 11.2 Å². The first-order chi connectivity index (χ1) is 9.61. The van der Waals surface area contributed by atoms with Crippen molar-refractivity contribution in [3.8, 4) is 0 Å². The molecule has 4 nitrogen and oxygen atoms in total. The van der Waals surface area contributed by atoms with E-state index in [0.29, 0.717) is 18.4 Å². The van der Waals surface area contributed by atoms with Crippen molar-refractivity contribution in [3.63, 3.8) is 0 Å². The third-order valence-electron chi connectivity index (χ3n) is 4.34. The zero-order valence-corrected chi connectivity index (χ0v) is 13.0. The van der Waals surface area contributed by atoms with Crippen molar-refractivity contribution in [2.45, 2.75) is 70.6 Å². The van der Waals surface area contributed by atoms with E-state index < -0.39 is 6.10 Å². The molecule has 2 rings (SSSR count). The topological polar surface area (TPSA) is 47.3 Å². The molecular formula is C16H28N2O2. The molecule has 1 aliphatic carbocycles. The van der Waals surface area contributed by atoms with Crippen LogP contribution < -0.4 is 0 Å². The van der Waals surface area contributed by atoms with Gasteiger partial charge < -0.3 is 9.84 Å². The molecule has 0 amide bonds. The first-order valence-corrected chi connectivity index (χ1v) is 7.86. The molecule has 4 heteroatoms. The van der Waals surface area contributed by atoms with Crippen LogP contribution in [-0.4, -0.2) is 34.2 Å². The van der Waals surface area contributed by atoms with Crippen LogP contribution in [0.5, 0.6) is 0 Å². The molecule has 1 aliphatic rings. The highest BCUT2D eigenvalue weighted by Crippen LogP contribution is 2.27. The Hall–Kier alpha value is -0.870. The van der Waals surface area contributed by atoms with Gasteiger partial charge in [-0.2, -0.15) is 5.10 Å². The normalized spacial score (nSPS) is 20.2. The highest BCUT2D eigenvalue weighted by atomic mass is 16.5. The van der Waals surface area contributed by atoms with Gasteiger partial charge in [-0.05, 0) is 24.8 Å². The maximum atomic E-state index is 10.3. The van der Waals surface area contributed by atoms with E-state index in [9.17, 15) is 5.11 Å². The van der Waals surface area contributed by atoms with E-state index in [1.807, 2.05) is 6.07 Å². The molecule has 0 saturated heterocycles. The van der Waals surface area contributed by atoms with Gasteiger partial charge in [0, 0.05) is 19.7 Å². The van der Waals surface area contributed by atoms with Gasteiger partial charge in [-0.1, -0.05) is 33.1 Å². The van der Waals surface area contributed by atoms with Crippen molar-refractivity contribution < 1.29 is 9.84 Å². The molecule has 114 valence electrons. The monoisotopic (exact) mass is 280 g/mol. The van der Waals surface area contributed by atoms with Gasteiger partial charge in [-0.15, -0.1) is 0 Å². The molecular weight excluding hydrogens is 252 g/mol. The Kier molecular flexibility index (Phi) is 5.61. The highest BCUT2D eigenvalue weighted by molar-refractivity contribution is 5.02. The lowest BCUT2D eigenvalue weighted by molar-refractivity contribution is -0.0372. The Bertz CT molecular complexity index is 397. The van der Waals surface area contributed by atoms with Crippen LogP contribution in [0, 0.1) is 5.92 Å². The SMILES string of the molecule is COC(C(C)C)C(O)Cc1ccn(C2CCCCC2)n1. The number of aliphatic hydroxyl groups excluding tert-OH is 1. The lowest BCUT2D eigenvalue weighted by Crippen LogP contribution is -2.34. The van der Waals surface area contributed by atoms with E-state index in [0.717, 1.165) is 5.69 Å². The van der Waals surface area contributed by atoms with Crippen LogP contribution in [0.15, 0.2) is 12.3 Å². The molecule has 2 unspecified atom stereocenters. The molecule has 1 aromatic heterocycles. The third-order valence-corrected chi connectivity index (χ3v) is 4.34. The molecule has 1 aromatic rings. The van der Waals surface area contributed by atoms with Crippen LogP contribution in [0.2, 0.25) is 0 Å². The number of ether oxygens (including phenoxy) is 1. The number of hydrogen-bond donors (Lipinski definition) is 1. The maximum Gasteiger partial charge on any atom is 0.0860 e. The zero-order valence-electron chi connectivity index (χ0n) is 13.0. The Morgan fingerprint density at radius 1 is 1.35 bits per heavy atom.